The van der Waals surface area contributed by atoms with Gasteiger partial charge in [0.1, 0.15) is 11.6 Å². The molecule has 0 bridgehead atoms. The molecule has 7 nitrogen and oxygen atoms in total. The first kappa shape index (κ1) is 18.9. The van der Waals surface area contributed by atoms with Crippen molar-refractivity contribution in [1.82, 2.24) is 9.78 Å². The molecule has 1 aromatic heterocycles. The van der Waals surface area contributed by atoms with E-state index in [1.165, 1.54) is 0 Å². The molecule has 2 aromatic carbocycles. The van der Waals surface area contributed by atoms with Crippen LogP contribution in [0.2, 0.25) is 0 Å². The first-order valence-corrected chi connectivity index (χ1v) is 10.6. The van der Waals surface area contributed by atoms with Gasteiger partial charge in [-0.25, -0.2) is 4.68 Å². The van der Waals surface area contributed by atoms with Gasteiger partial charge in [-0.1, -0.05) is 6.07 Å². The number of carbonyl (C=O) groups is 1. The van der Waals surface area contributed by atoms with E-state index in [0.717, 1.165) is 39.8 Å². The Labute approximate surface area is 178 Å². The number of ether oxygens (including phenoxy) is 3. The van der Waals surface area contributed by atoms with E-state index in [0.29, 0.717) is 5.82 Å². The second kappa shape index (κ2) is 7.28. The number of rotatable bonds is 3. The zero-order valence-corrected chi connectivity index (χ0v) is 17.7. The number of hydrogen-bond donors (Lipinski definition) is 1. The van der Waals surface area contributed by atoms with Crippen LogP contribution in [0.1, 0.15) is 29.0 Å². The Hall–Kier alpha value is -3.13. The molecule has 2 aliphatic rings. The van der Waals surface area contributed by atoms with Crippen LogP contribution in [0.4, 0.5) is 5.82 Å². The number of thioether (sulfide) groups is 1. The number of benzene rings is 2. The largest absolute Gasteiger partial charge is 0.497 e. The van der Waals surface area contributed by atoms with Crippen molar-refractivity contribution in [3.63, 3.8) is 0 Å². The second-order valence-electron chi connectivity index (χ2n) is 7.22. The first-order valence-electron chi connectivity index (χ1n) is 9.65. The zero-order valence-electron chi connectivity index (χ0n) is 16.8. The second-order valence-corrected chi connectivity index (χ2v) is 8.67. The molecule has 2 atom stereocenters. The molecular formula is C22H21N3O4S. The molecule has 0 aliphatic carbocycles. The summed E-state index contributed by atoms with van der Waals surface area (Å²) in [5.74, 6) is 2.89. The van der Waals surface area contributed by atoms with Gasteiger partial charge in [0.15, 0.2) is 11.5 Å². The highest BCUT2D eigenvalue weighted by Crippen LogP contribution is 2.48. The molecule has 1 N–H and O–H groups in total. The van der Waals surface area contributed by atoms with E-state index in [1.54, 1.807) is 23.6 Å². The van der Waals surface area contributed by atoms with Gasteiger partial charge in [0.05, 0.1) is 29.0 Å². The summed E-state index contributed by atoms with van der Waals surface area (Å²) in [4.78, 5) is 12.8. The summed E-state index contributed by atoms with van der Waals surface area (Å²) in [5.41, 5.74) is 3.76. The molecule has 0 spiro atoms. The first-order chi connectivity index (χ1) is 14.5. The molecule has 3 heterocycles. The summed E-state index contributed by atoms with van der Waals surface area (Å²) in [7, 11) is 1.63. The van der Waals surface area contributed by atoms with Gasteiger partial charge in [-0.05, 0) is 55.8 Å². The van der Waals surface area contributed by atoms with Crippen molar-refractivity contribution in [3.8, 4) is 22.9 Å². The third kappa shape index (κ3) is 3.08. The maximum absolute atomic E-state index is 12.8. The van der Waals surface area contributed by atoms with Gasteiger partial charge in [0, 0.05) is 5.56 Å². The molecule has 0 saturated carbocycles. The minimum absolute atomic E-state index is 0.0424. The summed E-state index contributed by atoms with van der Waals surface area (Å²) >= 11 is 1.60. The summed E-state index contributed by atoms with van der Waals surface area (Å²) in [5, 5.41) is 7.55. The van der Waals surface area contributed by atoms with E-state index < -0.39 is 0 Å². The van der Waals surface area contributed by atoms with Crippen LogP contribution >= 0.6 is 11.8 Å². The predicted molar refractivity (Wildman–Crippen MR) is 115 cm³/mol. The molecule has 2 aliphatic heterocycles. The molecule has 0 unspecified atom stereocenters. The van der Waals surface area contributed by atoms with Crippen LogP contribution in [0.15, 0.2) is 42.5 Å². The summed E-state index contributed by atoms with van der Waals surface area (Å²) in [6, 6.07) is 13.6. The number of nitrogens with zero attached hydrogens (tertiary/aromatic N) is 2. The van der Waals surface area contributed by atoms with Crippen molar-refractivity contribution in [2.24, 2.45) is 0 Å². The number of carbonyl (C=O) groups excluding carboxylic acids is 1. The number of hydrogen-bond acceptors (Lipinski definition) is 6. The lowest BCUT2D eigenvalue weighted by Gasteiger charge is -2.17. The Morgan fingerprint density at radius 2 is 1.93 bits per heavy atom. The lowest BCUT2D eigenvalue weighted by molar-refractivity contribution is -0.115. The van der Waals surface area contributed by atoms with Gasteiger partial charge in [0.25, 0.3) is 0 Å². The maximum Gasteiger partial charge on any atom is 0.238 e. The molecular weight excluding hydrogens is 402 g/mol. The van der Waals surface area contributed by atoms with Gasteiger partial charge in [-0.2, -0.15) is 5.10 Å². The van der Waals surface area contributed by atoms with Gasteiger partial charge < -0.3 is 19.5 Å². The lowest BCUT2D eigenvalue weighted by Crippen LogP contribution is -2.22. The topological polar surface area (TPSA) is 74.6 Å². The molecule has 0 fully saturated rings. The van der Waals surface area contributed by atoms with Crippen molar-refractivity contribution >= 4 is 23.5 Å². The SMILES string of the molecule is COc1ccc(-n2nc(C)c3c2NC(=O)[C@@H](C)S[C@H]3c2ccc3c(c2)OCO3)cc1. The molecule has 5 rings (SSSR count). The average molecular weight is 423 g/mol. The average Bonchev–Trinajstić information content (AvgIpc) is 3.32. The van der Waals surface area contributed by atoms with Crippen LogP contribution in [0, 0.1) is 6.92 Å². The monoisotopic (exact) mass is 423 g/mol. The van der Waals surface area contributed by atoms with Crippen LogP contribution in [0.25, 0.3) is 5.69 Å². The van der Waals surface area contributed by atoms with Gasteiger partial charge in [0.2, 0.25) is 12.7 Å². The van der Waals surface area contributed by atoms with E-state index in [-0.39, 0.29) is 23.2 Å². The van der Waals surface area contributed by atoms with Crippen LogP contribution in [-0.4, -0.2) is 34.8 Å². The van der Waals surface area contributed by atoms with Crippen LogP contribution < -0.4 is 19.5 Å². The fourth-order valence-corrected chi connectivity index (χ4v) is 5.07. The predicted octanol–water partition coefficient (Wildman–Crippen LogP) is 4.08. The smallest absolute Gasteiger partial charge is 0.238 e. The molecule has 8 heteroatoms. The van der Waals surface area contributed by atoms with Crippen LogP contribution in [0.5, 0.6) is 17.2 Å². The maximum atomic E-state index is 12.8. The van der Waals surface area contributed by atoms with Crippen molar-refractivity contribution in [3.05, 3.63) is 59.3 Å². The fourth-order valence-electron chi connectivity index (χ4n) is 3.76. The van der Waals surface area contributed by atoms with E-state index in [4.69, 9.17) is 19.3 Å². The third-order valence-corrected chi connectivity index (χ3v) is 6.74. The highest BCUT2D eigenvalue weighted by molar-refractivity contribution is 8.01. The Morgan fingerprint density at radius 3 is 2.70 bits per heavy atom. The van der Waals surface area contributed by atoms with Crippen LogP contribution in [0.3, 0.4) is 0 Å². The molecule has 0 radical (unpaired) electrons. The summed E-state index contributed by atoms with van der Waals surface area (Å²) in [6.07, 6.45) is 0. The Morgan fingerprint density at radius 1 is 1.17 bits per heavy atom. The quantitative estimate of drug-likeness (QED) is 0.684. The minimum Gasteiger partial charge on any atom is -0.497 e. The van der Waals surface area contributed by atoms with Gasteiger partial charge in [-0.15, -0.1) is 11.8 Å². The molecule has 30 heavy (non-hydrogen) atoms. The van der Waals surface area contributed by atoms with E-state index in [2.05, 4.69) is 5.32 Å². The highest BCUT2D eigenvalue weighted by atomic mass is 32.2. The molecule has 1 amide bonds. The Bertz CT molecular complexity index is 1130. The number of aromatic nitrogens is 2. The number of aryl methyl sites for hydroxylation is 1. The summed E-state index contributed by atoms with van der Waals surface area (Å²) in [6.45, 7) is 4.13. The van der Waals surface area contributed by atoms with E-state index >= 15 is 0 Å². The number of anilines is 1. The number of fused-ring (bicyclic) bond motifs is 2. The van der Waals surface area contributed by atoms with Gasteiger partial charge in [-0.3, -0.25) is 4.79 Å². The van der Waals surface area contributed by atoms with Crippen molar-refractivity contribution < 1.29 is 19.0 Å². The molecule has 154 valence electrons. The lowest BCUT2D eigenvalue weighted by atomic mass is 10.0. The van der Waals surface area contributed by atoms with Crippen molar-refractivity contribution in [1.29, 1.82) is 0 Å². The third-order valence-electron chi connectivity index (χ3n) is 5.34. The Balaban J connectivity index is 1.64. The number of methoxy groups -OCH3 is 1. The molecule has 3 aromatic rings. The van der Waals surface area contributed by atoms with Crippen LogP contribution in [-0.2, 0) is 4.79 Å². The standard InChI is InChI=1S/C22H21N3O4S/c1-12-19-20(14-4-9-17-18(10-14)29-11-28-17)30-13(2)22(26)23-21(19)25(24-12)15-5-7-16(27-3)8-6-15/h4-10,13,20H,11H2,1-3H3,(H,23,26)/t13-,20+/m1/s1. The molecule has 0 saturated heterocycles. The summed E-state index contributed by atoms with van der Waals surface area (Å²) < 4.78 is 18.1. The van der Waals surface area contributed by atoms with E-state index in [1.807, 2.05) is 56.3 Å². The highest BCUT2D eigenvalue weighted by Gasteiger charge is 2.34. The van der Waals surface area contributed by atoms with Crippen molar-refractivity contribution in [2.75, 3.05) is 19.2 Å². The number of amides is 1. The number of nitrogens with one attached hydrogen (secondary N) is 1. The normalized spacial score (nSPS) is 19.8. The Kier molecular flexibility index (Phi) is 4.58. The minimum atomic E-state index is -0.225. The van der Waals surface area contributed by atoms with E-state index in [9.17, 15) is 4.79 Å². The van der Waals surface area contributed by atoms with Crippen molar-refractivity contribution in [2.45, 2.75) is 24.3 Å². The zero-order chi connectivity index (χ0) is 20.8. The fraction of sp³-hybridized carbons (Fsp3) is 0.273. The van der Waals surface area contributed by atoms with Gasteiger partial charge >= 0.3 is 0 Å².